The number of nitrogens with two attached hydrogens (primary N) is 1. The number of ether oxygens (including phenoxy) is 1. The molecule has 17 heavy (non-hydrogen) atoms. The Hall–Kier alpha value is -1.09. The quantitative estimate of drug-likeness (QED) is 0.874. The number of benzene rings is 1. The monoisotopic (exact) mass is 237 g/mol. The molecule has 1 aliphatic heterocycles. The Labute approximate surface area is 102 Å². The van der Waals surface area contributed by atoms with Gasteiger partial charge in [-0.3, -0.25) is 0 Å². The van der Waals surface area contributed by atoms with Gasteiger partial charge in [0.05, 0.1) is 0 Å². The van der Waals surface area contributed by atoms with Crippen molar-refractivity contribution in [3.8, 4) is 5.75 Å². The van der Waals surface area contributed by atoms with Crippen LogP contribution in [0.25, 0.3) is 0 Å². The van der Waals surface area contributed by atoms with Gasteiger partial charge in [-0.25, -0.2) is 4.39 Å². The third-order valence-electron chi connectivity index (χ3n) is 3.71. The van der Waals surface area contributed by atoms with Gasteiger partial charge in [0.2, 0.25) is 0 Å². The van der Waals surface area contributed by atoms with E-state index in [1.54, 1.807) is 6.07 Å². The average Bonchev–Trinajstić information content (AvgIpc) is 2.32. The highest BCUT2D eigenvalue weighted by Gasteiger charge is 2.30. The maximum atomic E-state index is 13.1. The molecule has 0 radical (unpaired) electrons. The largest absolute Gasteiger partial charge is 0.490 e. The van der Waals surface area contributed by atoms with Gasteiger partial charge in [-0.15, -0.1) is 0 Å². The highest BCUT2D eigenvalue weighted by molar-refractivity contribution is 5.38. The van der Waals surface area contributed by atoms with Gasteiger partial charge in [-0.1, -0.05) is 13.8 Å². The first kappa shape index (κ1) is 12.4. The Morgan fingerprint density at radius 1 is 1.41 bits per heavy atom. The predicted molar refractivity (Wildman–Crippen MR) is 66.4 cm³/mol. The summed E-state index contributed by atoms with van der Waals surface area (Å²) in [5.41, 5.74) is 6.90. The summed E-state index contributed by atoms with van der Waals surface area (Å²) in [6.07, 6.45) is 3.12. The zero-order valence-corrected chi connectivity index (χ0v) is 10.4. The number of halogens is 1. The second kappa shape index (κ2) is 5.05. The summed E-state index contributed by atoms with van der Waals surface area (Å²) < 4.78 is 19.1. The van der Waals surface area contributed by atoms with Gasteiger partial charge in [-0.05, 0) is 37.0 Å². The zero-order chi connectivity index (χ0) is 12.4. The molecule has 0 saturated heterocycles. The van der Waals surface area contributed by atoms with E-state index in [0.717, 1.165) is 30.6 Å². The van der Waals surface area contributed by atoms with Crippen molar-refractivity contribution in [1.82, 2.24) is 0 Å². The fraction of sp³-hybridized carbons (Fsp3) is 0.571. The highest BCUT2D eigenvalue weighted by atomic mass is 19.1. The van der Waals surface area contributed by atoms with E-state index >= 15 is 0 Å². The van der Waals surface area contributed by atoms with Gasteiger partial charge in [0.25, 0.3) is 0 Å². The third kappa shape index (κ3) is 2.44. The van der Waals surface area contributed by atoms with Gasteiger partial charge in [0.1, 0.15) is 17.7 Å². The highest BCUT2D eigenvalue weighted by Crippen LogP contribution is 2.37. The molecule has 2 N–H and O–H groups in total. The van der Waals surface area contributed by atoms with Crippen LogP contribution in [0.5, 0.6) is 5.75 Å². The van der Waals surface area contributed by atoms with Gasteiger partial charge >= 0.3 is 0 Å². The molecular weight excluding hydrogens is 217 g/mol. The SMILES string of the molecule is CCC(CC)C1C[C@H](N)c2cc(F)ccc2O1. The molecule has 0 aromatic heterocycles. The predicted octanol–water partition coefficient (Wildman–Crippen LogP) is 3.41. The van der Waals surface area contributed by atoms with Crippen LogP contribution >= 0.6 is 0 Å². The van der Waals surface area contributed by atoms with Crippen molar-refractivity contribution in [3.63, 3.8) is 0 Å². The molecular formula is C14H20FNO. The molecule has 1 unspecified atom stereocenters. The molecule has 3 heteroatoms. The van der Waals surface area contributed by atoms with E-state index in [1.165, 1.54) is 12.1 Å². The lowest BCUT2D eigenvalue weighted by molar-refractivity contribution is 0.0941. The molecule has 2 nitrogen and oxygen atoms in total. The van der Waals surface area contributed by atoms with Crippen LogP contribution in [0.15, 0.2) is 18.2 Å². The van der Waals surface area contributed by atoms with Gasteiger partial charge in [0.15, 0.2) is 0 Å². The first-order valence-corrected chi connectivity index (χ1v) is 6.37. The smallest absolute Gasteiger partial charge is 0.124 e. The summed E-state index contributed by atoms with van der Waals surface area (Å²) in [5, 5.41) is 0. The van der Waals surface area contributed by atoms with Crippen LogP contribution in [-0.4, -0.2) is 6.10 Å². The minimum Gasteiger partial charge on any atom is -0.490 e. The molecule has 0 amide bonds. The lowest BCUT2D eigenvalue weighted by Crippen LogP contribution is -2.35. The Kier molecular flexibility index (Phi) is 3.67. The lowest BCUT2D eigenvalue weighted by Gasteiger charge is -2.34. The molecule has 0 aliphatic carbocycles. The summed E-state index contributed by atoms with van der Waals surface area (Å²) in [7, 11) is 0. The summed E-state index contributed by atoms with van der Waals surface area (Å²) in [6, 6.07) is 4.50. The Morgan fingerprint density at radius 3 is 2.76 bits per heavy atom. The minimum atomic E-state index is -0.246. The summed E-state index contributed by atoms with van der Waals surface area (Å²) in [6.45, 7) is 4.34. The third-order valence-corrected chi connectivity index (χ3v) is 3.71. The van der Waals surface area contributed by atoms with Crippen LogP contribution in [-0.2, 0) is 0 Å². The van der Waals surface area contributed by atoms with Crippen LogP contribution in [0.3, 0.4) is 0 Å². The second-order valence-corrected chi connectivity index (χ2v) is 4.76. The maximum absolute atomic E-state index is 13.1. The minimum absolute atomic E-state index is 0.111. The van der Waals surface area contributed by atoms with Crippen molar-refractivity contribution in [1.29, 1.82) is 0 Å². The fourth-order valence-corrected chi connectivity index (χ4v) is 2.61. The summed E-state index contributed by atoms with van der Waals surface area (Å²) in [5.74, 6) is 1.03. The van der Waals surface area contributed by atoms with E-state index in [1.807, 2.05) is 0 Å². The molecule has 94 valence electrons. The van der Waals surface area contributed by atoms with E-state index in [9.17, 15) is 4.39 Å². The number of hydrogen-bond donors (Lipinski definition) is 1. The van der Waals surface area contributed by atoms with Crippen LogP contribution in [0, 0.1) is 11.7 Å². The van der Waals surface area contributed by atoms with E-state index in [2.05, 4.69) is 13.8 Å². The van der Waals surface area contributed by atoms with Crippen molar-refractivity contribution in [2.75, 3.05) is 0 Å². The van der Waals surface area contributed by atoms with Gasteiger partial charge in [0, 0.05) is 18.0 Å². The summed E-state index contributed by atoms with van der Waals surface area (Å²) in [4.78, 5) is 0. The van der Waals surface area contributed by atoms with Crippen LogP contribution in [0.2, 0.25) is 0 Å². The molecule has 0 spiro atoms. The molecule has 0 bridgehead atoms. The van der Waals surface area contributed by atoms with E-state index < -0.39 is 0 Å². The lowest BCUT2D eigenvalue weighted by atomic mass is 9.87. The van der Waals surface area contributed by atoms with Crippen molar-refractivity contribution >= 4 is 0 Å². The first-order chi connectivity index (χ1) is 8.15. The van der Waals surface area contributed by atoms with E-state index in [0.29, 0.717) is 5.92 Å². The molecule has 1 aromatic carbocycles. The normalized spacial score (nSPS) is 23.4. The van der Waals surface area contributed by atoms with Crippen LogP contribution < -0.4 is 10.5 Å². The van der Waals surface area contributed by atoms with Gasteiger partial charge < -0.3 is 10.5 Å². The maximum Gasteiger partial charge on any atom is 0.124 e. The standard InChI is InChI=1S/C14H20FNO/c1-3-9(4-2)14-8-12(16)11-7-10(15)5-6-13(11)17-14/h5-7,9,12,14H,3-4,8,16H2,1-2H3/t12-,14?/m0/s1. The van der Waals surface area contributed by atoms with Crippen molar-refractivity contribution in [2.24, 2.45) is 11.7 Å². The van der Waals surface area contributed by atoms with Crippen LogP contribution in [0.4, 0.5) is 4.39 Å². The van der Waals surface area contributed by atoms with Gasteiger partial charge in [-0.2, -0.15) is 0 Å². The van der Waals surface area contributed by atoms with Crippen molar-refractivity contribution in [2.45, 2.75) is 45.3 Å². The molecule has 1 aromatic rings. The fourth-order valence-electron chi connectivity index (χ4n) is 2.61. The van der Waals surface area contributed by atoms with Crippen LogP contribution in [0.1, 0.15) is 44.7 Å². The zero-order valence-electron chi connectivity index (χ0n) is 10.4. The number of fused-ring (bicyclic) bond motifs is 1. The molecule has 0 fully saturated rings. The van der Waals surface area contributed by atoms with Crippen molar-refractivity contribution in [3.05, 3.63) is 29.6 Å². The Bertz CT molecular complexity index is 390. The molecule has 1 heterocycles. The molecule has 2 atom stereocenters. The molecule has 1 aliphatic rings. The van der Waals surface area contributed by atoms with Crippen molar-refractivity contribution < 1.29 is 9.13 Å². The average molecular weight is 237 g/mol. The second-order valence-electron chi connectivity index (χ2n) is 4.76. The number of rotatable bonds is 3. The summed E-state index contributed by atoms with van der Waals surface area (Å²) >= 11 is 0. The number of hydrogen-bond acceptors (Lipinski definition) is 2. The Morgan fingerprint density at radius 2 is 2.12 bits per heavy atom. The van der Waals surface area contributed by atoms with E-state index in [4.69, 9.17) is 10.5 Å². The Balaban J connectivity index is 2.24. The van der Waals surface area contributed by atoms with E-state index in [-0.39, 0.29) is 18.0 Å². The topological polar surface area (TPSA) is 35.2 Å². The molecule has 0 saturated carbocycles. The first-order valence-electron chi connectivity index (χ1n) is 6.37. The molecule has 2 rings (SSSR count).